The van der Waals surface area contributed by atoms with Gasteiger partial charge < -0.3 is 4.90 Å². The Morgan fingerprint density at radius 1 is 1.42 bits per heavy atom. The Morgan fingerprint density at radius 3 is 2.58 bits per heavy atom. The first kappa shape index (κ1) is 14.3. The second kappa shape index (κ2) is 5.51. The van der Waals surface area contributed by atoms with E-state index in [4.69, 9.17) is 11.6 Å². The molecule has 0 amide bonds. The van der Waals surface area contributed by atoms with Crippen LogP contribution >= 0.6 is 11.6 Å². The summed E-state index contributed by atoms with van der Waals surface area (Å²) in [5, 5.41) is 0.164. The maximum Gasteiger partial charge on any atom is 0.329 e. The van der Waals surface area contributed by atoms with Crippen molar-refractivity contribution in [2.45, 2.75) is 45.2 Å². The van der Waals surface area contributed by atoms with Crippen molar-refractivity contribution in [3.8, 4) is 0 Å². The molecule has 1 heterocycles. The van der Waals surface area contributed by atoms with Gasteiger partial charge >= 0.3 is 5.69 Å². The molecule has 1 aliphatic carbocycles. The smallest absolute Gasteiger partial charge is 0.302 e. The van der Waals surface area contributed by atoms with E-state index in [0.717, 1.165) is 0 Å². The molecule has 0 radical (unpaired) electrons. The van der Waals surface area contributed by atoms with Crippen LogP contribution in [0.2, 0.25) is 5.15 Å². The Labute approximate surface area is 117 Å². The molecule has 1 fully saturated rings. The van der Waals surface area contributed by atoms with Crippen molar-refractivity contribution in [1.29, 1.82) is 0 Å². The lowest BCUT2D eigenvalue weighted by molar-refractivity contribution is 0.304. The molecule has 0 atom stereocenters. The molecule has 0 aromatic carbocycles. The van der Waals surface area contributed by atoms with Crippen LogP contribution in [0.1, 0.15) is 38.2 Å². The first-order chi connectivity index (χ1) is 8.91. The van der Waals surface area contributed by atoms with Crippen LogP contribution in [0.15, 0.2) is 9.59 Å². The maximum atomic E-state index is 12.3. The van der Waals surface area contributed by atoms with E-state index in [9.17, 15) is 9.59 Å². The predicted molar refractivity (Wildman–Crippen MR) is 76.1 cm³/mol. The van der Waals surface area contributed by atoms with Crippen LogP contribution in [-0.2, 0) is 6.54 Å². The molecule has 1 aromatic heterocycles. The third-order valence-corrected chi connectivity index (χ3v) is 3.90. The third kappa shape index (κ3) is 3.09. The summed E-state index contributed by atoms with van der Waals surface area (Å²) in [5.74, 6) is -0.00994. The van der Waals surface area contributed by atoms with E-state index in [1.54, 1.807) is 0 Å². The van der Waals surface area contributed by atoms with Crippen molar-refractivity contribution in [3.63, 3.8) is 0 Å². The highest BCUT2D eigenvalue weighted by Crippen LogP contribution is 2.24. The largest absolute Gasteiger partial charge is 0.329 e. The molecule has 0 saturated heterocycles. The quantitative estimate of drug-likeness (QED) is 0.832. The van der Waals surface area contributed by atoms with Gasteiger partial charge in [-0.2, -0.15) is 0 Å². The third-order valence-electron chi connectivity index (χ3n) is 3.60. The van der Waals surface area contributed by atoms with Crippen LogP contribution in [0.5, 0.6) is 0 Å². The van der Waals surface area contributed by atoms with Crippen LogP contribution in [0, 0.1) is 0 Å². The van der Waals surface area contributed by atoms with Crippen molar-refractivity contribution < 1.29 is 0 Å². The zero-order chi connectivity index (χ0) is 14.2. The molecule has 6 heteroatoms. The highest BCUT2D eigenvalue weighted by atomic mass is 35.5. The van der Waals surface area contributed by atoms with E-state index in [-0.39, 0.29) is 16.6 Å². The first-order valence-electron chi connectivity index (χ1n) is 6.64. The molecule has 0 unspecified atom stereocenters. The number of nitrogens with one attached hydrogen (secondary N) is 1. The van der Waals surface area contributed by atoms with Crippen molar-refractivity contribution >= 4 is 11.6 Å². The second-order valence-electron chi connectivity index (χ2n) is 5.48. The van der Waals surface area contributed by atoms with Crippen LogP contribution in [0.25, 0.3) is 0 Å². The molecule has 5 nitrogen and oxygen atoms in total. The molecule has 0 aliphatic heterocycles. The monoisotopic (exact) mass is 285 g/mol. The molecule has 1 aromatic rings. The van der Waals surface area contributed by atoms with Gasteiger partial charge in [-0.15, -0.1) is 0 Å². The van der Waals surface area contributed by atoms with Gasteiger partial charge in [-0.3, -0.25) is 14.3 Å². The summed E-state index contributed by atoms with van der Waals surface area (Å²) < 4.78 is 1.25. The zero-order valence-electron chi connectivity index (χ0n) is 11.6. The second-order valence-corrected chi connectivity index (χ2v) is 5.86. The number of H-pyrrole nitrogens is 1. The van der Waals surface area contributed by atoms with Crippen LogP contribution < -0.4 is 11.2 Å². The molecule has 0 spiro atoms. The fourth-order valence-electron chi connectivity index (χ4n) is 2.22. The van der Waals surface area contributed by atoms with Gasteiger partial charge in [0, 0.05) is 19.1 Å². The topological polar surface area (TPSA) is 58.1 Å². The fourth-order valence-corrected chi connectivity index (χ4v) is 2.60. The van der Waals surface area contributed by atoms with Crippen LogP contribution in [0.3, 0.4) is 0 Å². The van der Waals surface area contributed by atoms with Crippen molar-refractivity contribution in [3.05, 3.63) is 31.6 Å². The van der Waals surface area contributed by atoms with Gasteiger partial charge in [0.1, 0.15) is 5.15 Å². The van der Waals surface area contributed by atoms with Gasteiger partial charge in [0.25, 0.3) is 5.56 Å². The highest BCUT2D eigenvalue weighted by Gasteiger charge is 2.26. The molecule has 2 rings (SSSR count). The van der Waals surface area contributed by atoms with Crippen molar-refractivity contribution in [2.75, 3.05) is 13.6 Å². The molecule has 1 N–H and O–H groups in total. The normalized spacial score (nSPS) is 15.5. The number of hydrogen-bond donors (Lipinski definition) is 1. The van der Waals surface area contributed by atoms with Gasteiger partial charge in [-0.05, 0) is 25.8 Å². The van der Waals surface area contributed by atoms with Crippen molar-refractivity contribution in [2.24, 2.45) is 0 Å². The summed E-state index contributed by atoms with van der Waals surface area (Å²) >= 11 is 5.95. The highest BCUT2D eigenvalue weighted by molar-refractivity contribution is 6.30. The Kier molecular flexibility index (Phi) is 4.16. The maximum absolute atomic E-state index is 12.3. The lowest BCUT2D eigenvalue weighted by Gasteiger charge is -2.17. The lowest BCUT2D eigenvalue weighted by Crippen LogP contribution is -2.40. The van der Waals surface area contributed by atoms with E-state index >= 15 is 0 Å². The number of nitrogens with zero attached hydrogens (tertiary/aromatic N) is 2. The summed E-state index contributed by atoms with van der Waals surface area (Å²) in [6, 6.07) is 0.617. The number of halogens is 1. The summed E-state index contributed by atoms with van der Waals surface area (Å²) in [4.78, 5) is 28.9. The molecule has 106 valence electrons. The van der Waals surface area contributed by atoms with Crippen LogP contribution in [0.4, 0.5) is 0 Å². The SMILES string of the molecule is CC(C)c1c(Cl)[nH]c(=O)n(CCN(C)C2CC2)c1=O. The number of hydrogen-bond acceptors (Lipinski definition) is 3. The van der Waals surface area contributed by atoms with Gasteiger partial charge in [-0.25, -0.2) is 4.79 Å². The minimum absolute atomic E-state index is 0.00994. The summed E-state index contributed by atoms with van der Waals surface area (Å²) in [5.41, 5.74) is -0.216. The first-order valence-corrected chi connectivity index (χ1v) is 7.02. The molecular formula is C13H20ClN3O2. The number of rotatable bonds is 5. The average molecular weight is 286 g/mol. The van der Waals surface area contributed by atoms with E-state index in [1.807, 2.05) is 20.9 Å². The van der Waals surface area contributed by atoms with E-state index in [0.29, 0.717) is 24.7 Å². The van der Waals surface area contributed by atoms with Gasteiger partial charge in [-0.1, -0.05) is 25.4 Å². The molecule has 0 bridgehead atoms. The summed E-state index contributed by atoms with van der Waals surface area (Å²) in [6.45, 7) is 4.88. The minimum atomic E-state index is -0.427. The number of likely N-dealkylation sites (N-methyl/N-ethyl adjacent to an activating group) is 1. The molecule has 1 saturated carbocycles. The predicted octanol–water partition coefficient (Wildman–Crippen LogP) is 1.41. The van der Waals surface area contributed by atoms with Crippen LogP contribution in [-0.4, -0.2) is 34.1 Å². The standard InChI is InChI=1S/C13H20ClN3O2/c1-8(2)10-11(14)15-13(19)17(12(10)18)7-6-16(3)9-4-5-9/h8-9H,4-7H2,1-3H3,(H,15,19). The number of aromatic nitrogens is 2. The Balaban J connectivity index is 2.26. The zero-order valence-corrected chi connectivity index (χ0v) is 12.3. The van der Waals surface area contributed by atoms with E-state index < -0.39 is 5.69 Å². The summed E-state index contributed by atoms with van der Waals surface area (Å²) in [7, 11) is 2.02. The average Bonchev–Trinajstić information content (AvgIpc) is 3.10. The number of aromatic amines is 1. The van der Waals surface area contributed by atoms with Gasteiger partial charge in [0.2, 0.25) is 0 Å². The van der Waals surface area contributed by atoms with E-state index in [1.165, 1.54) is 17.4 Å². The summed E-state index contributed by atoms with van der Waals surface area (Å²) in [6.07, 6.45) is 2.42. The Hall–Kier alpha value is -1.07. The molecular weight excluding hydrogens is 266 g/mol. The molecule has 19 heavy (non-hydrogen) atoms. The fraction of sp³-hybridized carbons (Fsp3) is 0.692. The van der Waals surface area contributed by atoms with Crippen molar-refractivity contribution in [1.82, 2.24) is 14.5 Å². The van der Waals surface area contributed by atoms with E-state index in [2.05, 4.69) is 9.88 Å². The van der Waals surface area contributed by atoms with Gasteiger partial charge in [0.15, 0.2) is 0 Å². The minimum Gasteiger partial charge on any atom is -0.302 e. The lowest BCUT2D eigenvalue weighted by atomic mass is 10.1. The Bertz CT molecular complexity index is 572. The van der Waals surface area contributed by atoms with Gasteiger partial charge in [0.05, 0.1) is 5.56 Å². The Morgan fingerprint density at radius 2 is 2.05 bits per heavy atom. The molecule has 1 aliphatic rings.